The lowest BCUT2D eigenvalue weighted by atomic mass is 10.2. The van der Waals surface area contributed by atoms with Crippen molar-refractivity contribution in [3.8, 4) is 0 Å². The van der Waals surface area contributed by atoms with Crippen molar-refractivity contribution < 1.29 is 19.1 Å². The number of likely N-dealkylation sites (tertiary alicyclic amines) is 1. The average molecular weight is 257 g/mol. The van der Waals surface area contributed by atoms with Crippen molar-refractivity contribution >= 4 is 11.9 Å². The van der Waals surface area contributed by atoms with Crippen LogP contribution in [-0.4, -0.2) is 49.2 Å². The van der Waals surface area contributed by atoms with Crippen LogP contribution in [0.3, 0.4) is 0 Å². The van der Waals surface area contributed by atoms with Crippen LogP contribution in [0.15, 0.2) is 0 Å². The molecule has 1 atom stereocenters. The van der Waals surface area contributed by atoms with Crippen LogP contribution in [0.25, 0.3) is 0 Å². The molecule has 0 radical (unpaired) electrons. The Balaban J connectivity index is 2.28. The summed E-state index contributed by atoms with van der Waals surface area (Å²) in [6.45, 7) is 6.13. The molecule has 0 unspecified atom stereocenters. The van der Waals surface area contributed by atoms with Gasteiger partial charge in [0.1, 0.15) is 6.04 Å². The van der Waals surface area contributed by atoms with Gasteiger partial charge in [-0.3, -0.25) is 14.5 Å². The molecule has 1 saturated heterocycles. The summed E-state index contributed by atoms with van der Waals surface area (Å²) in [5.74, 6) is -0.296. The van der Waals surface area contributed by atoms with Gasteiger partial charge in [0, 0.05) is 6.42 Å². The van der Waals surface area contributed by atoms with Gasteiger partial charge >= 0.3 is 11.9 Å². The van der Waals surface area contributed by atoms with Gasteiger partial charge in [-0.1, -0.05) is 0 Å². The lowest BCUT2D eigenvalue weighted by Crippen LogP contribution is -2.38. The third-order valence-corrected chi connectivity index (χ3v) is 3.05. The standard InChI is InChI=1S/C13H23NO4/c1-3-17-12(15)8-6-10-14-9-5-7-11(14)13(16)18-4-2/h11H,3-10H2,1-2H3/t11-/m0/s1. The summed E-state index contributed by atoms with van der Waals surface area (Å²) in [5, 5.41) is 0. The number of hydrogen-bond acceptors (Lipinski definition) is 5. The zero-order chi connectivity index (χ0) is 13.4. The van der Waals surface area contributed by atoms with E-state index in [1.165, 1.54) is 0 Å². The number of hydrogen-bond donors (Lipinski definition) is 0. The molecule has 0 bridgehead atoms. The van der Waals surface area contributed by atoms with Crippen LogP contribution in [-0.2, 0) is 19.1 Å². The number of carbonyl (C=O) groups excluding carboxylic acids is 2. The Bertz CT molecular complexity index is 280. The number of rotatable bonds is 7. The molecule has 18 heavy (non-hydrogen) atoms. The van der Waals surface area contributed by atoms with E-state index in [0.717, 1.165) is 32.4 Å². The normalized spacial score (nSPS) is 19.8. The van der Waals surface area contributed by atoms with Crippen molar-refractivity contribution in [2.24, 2.45) is 0 Å². The maximum absolute atomic E-state index is 11.7. The number of ether oxygens (including phenoxy) is 2. The SMILES string of the molecule is CCOC(=O)CCCN1CCC[C@H]1C(=O)OCC. The molecular formula is C13H23NO4. The van der Waals surface area contributed by atoms with Gasteiger partial charge in [0.15, 0.2) is 0 Å². The molecule has 5 nitrogen and oxygen atoms in total. The highest BCUT2D eigenvalue weighted by Crippen LogP contribution is 2.19. The highest BCUT2D eigenvalue weighted by molar-refractivity contribution is 5.76. The smallest absolute Gasteiger partial charge is 0.323 e. The Morgan fingerprint density at radius 2 is 1.94 bits per heavy atom. The van der Waals surface area contributed by atoms with Crippen LogP contribution in [0.5, 0.6) is 0 Å². The van der Waals surface area contributed by atoms with Gasteiger partial charge in [0.05, 0.1) is 13.2 Å². The molecular weight excluding hydrogens is 234 g/mol. The minimum Gasteiger partial charge on any atom is -0.466 e. The Morgan fingerprint density at radius 1 is 1.22 bits per heavy atom. The molecule has 1 rings (SSSR count). The second-order valence-corrected chi connectivity index (χ2v) is 4.35. The van der Waals surface area contributed by atoms with E-state index in [9.17, 15) is 9.59 Å². The highest BCUT2D eigenvalue weighted by atomic mass is 16.5. The Morgan fingerprint density at radius 3 is 2.61 bits per heavy atom. The second kappa shape index (κ2) is 8.08. The van der Waals surface area contributed by atoms with Crippen LogP contribution in [0.1, 0.15) is 39.5 Å². The molecule has 5 heteroatoms. The first-order valence-corrected chi connectivity index (χ1v) is 6.75. The first-order valence-electron chi connectivity index (χ1n) is 6.75. The summed E-state index contributed by atoms with van der Waals surface area (Å²) in [7, 11) is 0. The van der Waals surface area contributed by atoms with E-state index in [0.29, 0.717) is 19.6 Å². The predicted molar refractivity (Wildman–Crippen MR) is 67.1 cm³/mol. The summed E-state index contributed by atoms with van der Waals surface area (Å²) in [4.78, 5) is 25.0. The summed E-state index contributed by atoms with van der Waals surface area (Å²) in [6.07, 6.45) is 3.02. The van der Waals surface area contributed by atoms with Crippen LogP contribution >= 0.6 is 0 Å². The number of nitrogens with zero attached hydrogens (tertiary/aromatic N) is 1. The molecule has 104 valence electrons. The molecule has 0 aromatic carbocycles. The second-order valence-electron chi connectivity index (χ2n) is 4.35. The maximum atomic E-state index is 11.7. The molecule has 0 spiro atoms. The van der Waals surface area contributed by atoms with Crippen molar-refractivity contribution in [1.82, 2.24) is 4.90 Å². The third kappa shape index (κ3) is 4.64. The van der Waals surface area contributed by atoms with Crippen molar-refractivity contribution in [2.45, 2.75) is 45.6 Å². The molecule has 0 aliphatic carbocycles. The Hall–Kier alpha value is -1.10. The van der Waals surface area contributed by atoms with E-state index in [2.05, 4.69) is 4.90 Å². The fourth-order valence-electron chi connectivity index (χ4n) is 2.26. The van der Waals surface area contributed by atoms with E-state index in [1.807, 2.05) is 6.92 Å². The van der Waals surface area contributed by atoms with Gasteiger partial charge < -0.3 is 9.47 Å². The summed E-state index contributed by atoms with van der Waals surface area (Å²) in [5.41, 5.74) is 0. The zero-order valence-electron chi connectivity index (χ0n) is 11.3. The van der Waals surface area contributed by atoms with Crippen molar-refractivity contribution in [2.75, 3.05) is 26.3 Å². The first kappa shape index (κ1) is 15.0. The minimum absolute atomic E-state index is 0.118. The number of carbonyl (C=O) groups is 2. The molecule has 0 amide bonds. The third-order valence-electron chi connectivity index (χ3n) is 3.05. The fourth-order valence-corrected chi connectivity index (χ4v) is 2.26. The molecule has 0 aromatic heterocycles. The van der Waals surface area contributed by atoms with Crippen molar-refractivity contribution in [3.05, 3.63) is 0 Å². The Labute approximate surface area is 108 Å². The first-order chi connectivity index (χ1) is 8.69. The van der Waals surface area contributed by atoms with E-state index in [1.54, 1.807) is 6.92 Å². The van der Waals surface area contributed by atoms with E-state index < -0.39 is 0 Å². The Kier molecular flexibility index (Phi) is 6.72. The largest absolute Gasteiger partial charge is 0.466 e. The summed E-state index contributed by atoms with van der Waals surface area (Å²) >= 11 is 0. The minimum atomic E-state index is -0.163. The molecule has 1 aliphatic heterocycles. The van der Waals surface area contributed by atoms with Crippen LogP contribution in [0, 0.1) is 0 Å². The van der Waals surface area contributed by atoms with Crippen molar-refractivity contribution in [1.29, 1.82) is 0 Å². The lowest BCUT2D eigenvalue weighted by Gasteiger charge is -2.22. The maximum Gasteiger partial charge on any atom is 0.323 e. The molecule has 1 aliphatic rings. The van der Waals surface area contributed by atoms with Gasteiger partial charge in [-0.15, -0.1) is 0 Å². The van der Waals surface area contributed by atoms with Crippen LogP contribution < -0.4 is 0 Å². The summed E-state index contributed by atoms with van der Waals surface area (Å²) in [6, 6.07) is -0.118. The molecule has 0 N–H and O–H groups in total. The van der Waals surface area contributed by atoms with E-state index >= 15 is 0 Å². The lowest BCUT2D eigenvalue weighted by molar-refractivity contribution is -0.148. The highest BCUT2D eigenvalue weighted by Gasteiger charge is 2.31. The van der Waals surface area contributed by atoms with Gasteiger partial charge in [-0.05, 0) is 46.2 Å². The monoisotopic (exact) mass is 257 g/mol. The average Bonchev–Trinajstić information content (AvgIpc) is 2.78. The summed E-state index contributed by atoms with van der Waals surface area (Å²) < 4.78 is 9.92. The van der Waals surface area contributed by atoms with Crippen LogP contribution in [0.2, 0.25) is 0 Å². The fraction of sp³-hybridized carbons (Fsp3) is 0.846. The molecule has 1 fully saturated rings. The van der Waals surface area contributed by atoms with Gasteiger partial charge in [-0.2, -0.15) is 0 Å². The quantitative estimate of drug-likeness (QED) is 0.644. The van der Waals surface area contributed by atoms with Gasteiger partial charge in [0.2, 0.25) is 0 Å². The zero-order valence-corrected chi connectivity index (χ0v) is 11.3. The number of esters is 2. The predicted octanol–water partition coefficient (Wildman–Crippen LogP) is 1.36. The molecule has 1 heterocycles. The van der Waals surface area contributed by atoms with E-state index in [4.69, 9.17) is 9.47 Å². The van der Waals surface area contributed by atoms with Gasteiger partial charge in [0.25, 0.3) is 0 Å². The van der Waals surface area contributed by atoms with Gasteiger partial charge in [-0.25, -0.2) is 0 Å². The van der Waals surface area contributed by atoms with E-state index in [-0.39, 0.29) is 18.0 Å². The molecule has 0 aromatic rings. The van der Waals surface area contributed by atoms with Crippen molar-refractivity contribution in [3.63, 3.8) is 0 Å². The topological polar surface area (TPSA) is 55.8 Å². The molecule has 0 saturated carbocycles. The van der Waals surface area contributed by atoms with Crippen LogP contribution in [0.4, 0.5) is 0 Å².